The third-order valence-corrected chi connectivity index (χ3v) is 4.62. The first-order chi connectivity index (χ1) is 12.8. The molecule has 0 aromatic heterocycles. The second-order valence-electron chi connectivity index (χ2n) is 7.64. The van der Waals surface area contributed by atoms with Crippen LogP contribution in [0.1, 0.15) is 33.3 Å². The van der Waals surface area contributed by atoms with Gasteiger partial charge in [-0.3, -0.25) is 14.5 Å². The Bertz CT molecular complexity index is 640. The molecule has 3 atom stereocenters. The summed E-state index contributed by atoms with van der Waals surface area (Å²) in [5.74, 6) is -0.563. The van der Waals surface area contributed by atoms with E-state index in [9.17, 15) is 9.59 Å². The monoisotopic (exact) mass is 376 g/mol. The molecule has 0 aliphatic carbocycles. The summed E-state index contributed by atoms with van der Waals surface area (Å²) in [6, 6.07) is 7.12. The summed E-state index contributed by atoms with van der Waals surface area (Å²) < 4.78 is 5.78. The van der Waals surface area contributed by atoms with Gasteiger partial charge in [-0.2, -0.15) is 0 Å². The molecular weight excluding hydrogens is 344 g/mol. The van der Waals surface area contributed by atoms with Gasteiger partial charge >= 0.3 is 0 Å². The highest BCUT2D eigenvalue weighted by molar-refractivity contribution is 5.95. The first kappa shape index (κ1) is 21.3. The Kier molecular flexibility index (Phi) is 7.77. The predicted molar refractivity (Wildman–Crippen MR) is 106 cm³/mol. The molecule has 1 saturated heterocycles. The smallest absolute Gasteiger partial charge is 0.243 e. The van der Waals surface area contributed by atoms with Crippen molar-refractivity contribution in [1.29, 1.82) is 0 Å². The minimum absolute atomic E-state index is 0.0205. The zero-order chi connectivity index (χ0) is 20.0. The Morgan fingerprint density at radius 2 is 1.85 bits per heavy atom. The number of anilines is 1. The first-order valence-corrected chi connectivity index (χ1v) is 9.55. The Labute approximate surface area is 161 Å². The van der Waals surface area contributed by atoms with E-state index < -0.39 is 6.04 Å². The molecule has 1 aromatic rings. The van der Waals surface area contributed by atoms with Crippen LogP contribution in [0.5, 0.6) is 0 Å². The number of amides is 2. The maximum absolute atomic E-state index is 12.3. The molecule has 0 bridgehead atoms. The lowest BCUT2D eigenvalue weighted by Gasteiger charge is -2.35. The van der Waals surface area contributed by atoms with Gasteiger partial charge in [0.1, 0.15) is 0 Å². The Hall–Kier alpha value is -1.96. The molecule has 1 aromatic carbocycles. The molecule has 2 amide bonds. The van der Waals surface area contributed by atoms with Crippen LogP contribution in [-0.4, -0.2) is 54.6 Å². The van der Waals surface area contributed by atoms with Crippen molar-refractivity contribution < 1.29 is 14.3 Å². The van der Waals surface area contributed by atoms with Crippen molar-refractivity contribution in [3.8, 4) is 0 Å². The normalized spacial score (nSPS) is 21.7. The highest BCUT2D eigenvalue weighted by Gasteiger charge is 2.23. The summed E-state index contributed by atoms with van der Waals surface area (Å²) in [6.45, 7) is 10.2. The van der Waals surface area contributed by atoms with Crippen LogP contribution in [0.25, 0.3) is 0 Å². The van der Waals surface area contributed by atoms with Gasteiger partial charge in [0.15, 0.2) is 0 Å². The van der Waals surface area contributed by atoms with E-state index in [0.717, 1.165) is 30.9 Å². The van der Waals surface area contributed by atoms with Crippen LogP contribution >= 0.6 is 0 Å². The molecule has 0 radical (unpaired) electrons. The summed E-state index contributed by atoms with van der Waals surface area (Å²) in [4.78, 5) is 26.5. The number of nitrogens with zero attached hydrogens (tertiary/aromatic N) is 1. The molecule has 7 heteroatoms. The summed E-state index contributed by atoms with van der Waals surface area (Å²) in [5, 5.41) is 5.49. The quantitative estimate of drug-likeness (QED) is 0.667. The largest absolute Gasteiger partial charge is 0.373 e. The number of ether oxygens (including phenoxy) is 1. The molecule has 27 heavy (non-hydrogen) atoms. The van der Waals surface area contributed by atoms with E-state index in [-0.39, 0.29) is 36.5 Å². The summed E-state index contributed by atoms with van der Waals surface area (Å²) >= 11 is 0. The number of hydrogen-bond acceptors (Lipinski definition) is 5. The third-order valence-electron chi connectivity index (χ3n) is 4.62. The van der Waals surface area contributed by atoms with Crippen molar-refractivity contribution in [2.24, 2.45) is 11.7 Å². The SMILES string of the molecule is CC1CN(Cc2ccccc2NC(=O)CNC(=O)[C@@H](N)C(C)C)CC(C)O1. The van der Waals surface area contributed by atoms with Gasteiger partial charge in [-0.25, -0.2) is 0 Å². The van der Waals surface area contributed by atoms with Crippen molar-refractivity contribution in [2.45, 2.75) is 52.5 Å². The molecule has 4 N–H and O–H groups in total. The summed E-state index contributed by atoms with van der Waals surface area (Å²) in [6.07, 6.45) is 0.381. The van der Waals surface area contributed by atoms with E-state index in [4.69, 9.17) is 10.5 Å². The molecule has 2 rings (SSSR count). The second kappa shape index (κ2) is 9.82. The molecule has 150 valence electrons. The number of nitrogens with one attached hydrogen (secondary N) is 2. The topological polar surface area (TPSA) is 96.7 Å². The lowest BCUT2D eigenvalue weighted by molar-refractivity contribution is -0.125. The maximum Gasteiger partial charge on any atom is 0.243 e. The van der Waals surface area contributed by atoms with Crippen LogP contribution in [0, 0.1) is 5.92 Å². The Morgan fingerprint density at radius 3 is 2.48 bits per heavy atom. The average molecular weight is 377 g/mol. The zero-order valence-corrected chi connectivity index (χ0v) is 16.7. The number of carbonyl (C=O) groups excluding carboxylic acids is 2. The van der Waals surface area contributed by atoms with Crippen LogP contribution in [0.2, 0.25) is 0 Å². The highest BCUT2D eigenvalue weighted by Crippen LogP contribution is 2.20. The zero-order valence-electron chi connectivity index (χ0n) is 16.7. The van der Waals surface area contributed by atoms with Gasteiger partial charge in [0, 0.05) is 25.3 Å². The van der Waals surface area contributed by atoms with Crippen LogP contribution in [0.15, 0.2) is 24.3 Å². The number of carbonyl (C=O) groups is 2. The fourth-order valence-electron chi connectivity index (χ4n) is 3.22. The highest BCUT2D eigenvalue weighted by atomic mass is 16.5. The van der Waals surface area contributed by atoms with Crippen molar-refractivity contribution in [3.63, 3.8) is 0 Å². The molecule has 1 aliphatic rings. The first-order valence-electron chi connectivity index (χ1n) is 9.55. The molecule has 2 unspecified atom stereocenters. The number of rotatable bonds is 7. The average Bonchev–Trinajstić information content (AvgIpc) is 2.59. The minimum Gasteiger partial charge on any atom is -0.373 e. The lowest BCUT2D eigenvalue weighted by Crippen LogP contribution is -2.46. The minimum atomic E-state index is -0.615. The van der Waals surface area contributed by atoms with E-state index >= 15 is 0 Å². The lowest BCUT2D eigenvalue weighted by atomic mass is 10.1. The number of morpholine rings is 1. The van der Waals surface area contributed by atoms with Gasteiger partial charge in [-0.15, -0.1) is 0 Å². The van der Waals surface area contributed by atoms with E-state index in [1.165, 1.54) is 0 Å². The number of nitrogens with two attached hydrogens (primary N) is 1. The van der Waals surface area contributed by atoms with Crippen molar-refractivity contribution in [2.75, 3.05) is 25.0 Å². The Balaban J connectivity index is 1.93. The van der Waals surface area contributed by atoms with Gasteiger partial charge in [0.2, 0.25) is 11.8 Å². The predicted octanol–water partition coefficient (Wildman–Crippen LogP) is 1.33. The third kappa shape index (κ3) is 6.61. The number of hydrogen-bond donors (Lipinski definition) is 3. The van der Waals surface area contributed by atoms with Gasteiger partial charge in [-0.1, -0.05) is 32.0 Å². The van der Waals surface area contributed by atoms with Gasteiger partial charge in [0.05, 0.1) is 24.8 Å². The second-order valence-corrected chi connectivity index (χ2v) is 7.64. The van der Waals surface area contributed by atoms with Crippen molar-refractivity contribution in [1.82, 2.24) is 10.2 Å². The Morgan fingerprint density at radius 1 is 1.22 bits per heavy atom. The van der Waals surface area contributed by atoms with Crippen LogP contribution < -0.4 is 16.4 Å². The fourth-order valence-corrected chi connectivity index (χ4v) is 3.22. The van der Waals surface area contributed by atoms with Crippen LogP contribution in [-0.2, 0) is 20.9 Å². The molecule has 1 fully saturated rings. The molecule has 7 nitrogen and oxygen atoms in total. The van der Waals surface area contributed by atoms with Crippen LogP contribution in [0.3, 0.4) is 0 Å². The molecule has 1 aliphatic heterocycles. The maximum atomic E-state index is 12.3. The van der Waals surface area contributed by atoms with E-state index in [2.05, 4.69) is 29.4 Å². The van der Waals surface area contributed by atoms with E-state index in [1.54, 1.807) is 0 Å². The van der Waals surface area contributed by atoms with Crippen molar-refractivity contribution >= 4 is 17.5 Å². The number of para-hydroxylation sites is 1. The standard InChI is InChI=1S/C20H32N4O3/c1-13(2)19(21)20(26)22-9-18(25)23-17-8-6-5-7-16(17)12-24-10-14(3)27-15(4)11-24/h5-8,13-15,19H,9-12,21H2,1-4H3,(H,22,26)(H,23,25)/t14?,15?,19-/m0/s1. The van der Waals surface area contributed by atoms with Gasteiger partial charge < -0.3 is 21.1 Å². The van der Waals surface area contributed by atoms with E-state index in [0.29, 0.717) is 0 Å². The van der Waals surface area contributed by atoms with Crippen molar-refractivity contribution in [3.05, 3.63) is 29.8 Å². The molecule has 1 heterocycles. The van der Waals surface area contributed by atoms with Gasteiger partial charge in [-0.05, 0) is 31.4 Å². The van der Waals surface area contributed by atoms with Gasteiger partial charge in [0.25, 0.3) is 0 Å². The van der Waals surface area contributed by atoms with E-state index in [1.807, 2.05) is 38.1 Å². The summed E-state index contributed by atoms with van der Waals surface area (Å²) in [7, 11) is 0. The fraction of sp³-hybridized carbons (Fsp3) is 0.600. The molecule has 0 spiro atoms. The van der Waals surface area contributed by atoms with Crippen LogP contribution in [0.4, 0.5) is 5.69 Å². The summed E-state index contributed by atoms with van der Waals surface area (Å²) in [5.41, 5.74) is 7.59. The molecule has 0 saturated carbocycles. The number of benzene rings is 1. The molecular formula is C20H32N4O3.